The second-order valence-electron chi connectivity index (χ2n) is 0.832. The summed E-state index contributed by atoms with van der Waals surface area (Å²) < 4.78 is 0. The predicted octanol–water partition coefficient (Wildman–Crippen LogP) is -0.0716. The van der Waals surface area contributed by atoms with Crippen molar-refractivity contribution in [1.82, 2.24) is 5.53 Å². The molecule has 1 rings (SSSR count). The van der Waals surface area contributed by atoms with Gasteiger partial charge in [-0.15, -0.1) is 5.10 Å². The Labute approximate surface area is 39.8 Å². The highest BCUT2D eigenvalue weighted by Crippen LogP contribution is 1.72. The molecule has 36 valence electrons. The molecule has 1 N–H and O–H groups in total. The molecular formula is C2H3N5. The summed E-state index contributed by atoms with van der Waals surface area (Å²) in [5.41, 5.74) is 2.25. The largest absolute Gasteiger partial charge is 0.178 e. The van der Waals surface area contributed by atoms with Gasteiger partial charge in [-0.1, -0.05) is 0 Å². The monoisotopic (exact) mass is 97.0 g/mol. The third-order valence-corrected chi connectivity index (χ3v) is 0.407. The molecule has 0 spiro atoms. The van der Waals surface area contributed by atoms with Crippen LogP contribution in [0.3, 0.4) is 0 Å². The smallest absolute Gasteiger partial charge is 0.0716 e. The summed E-state index contributed by atoms with van der Waals surface area (Å²) in [4.78, 5) is 0. The van der Waals surface area contributed by atoms with Crippen LogP contribution in [0.15, 0.2) is 20.6 Å². The molecule has 0 aromatic carbocycles. The van der Waals surface area contributed by atoms with Crippen LogP contribution in [0.2, 0.25) is 0 Å². The van der Waals surface area contributed by atoms with E-state index in [-0.39, 0.29) is 0 Å². The molecule has 1 aliphatic heterocycles. The normalized spacial score (nSPS) is 16.0. The van der Waals surface area contributed by atoms with Crippen LogP contribution >= 0.6 is 0 Å². The van der Waals surface area contributed by atoms with Gasteiger partial charge in [-0.25, -0.2) is 0 Å². The van der Waals surface area contributed by atoms with Crippen molar-refractivity contribution < 1.29 is 0 Å². The lowest BCUT2D eigenvalue weighted by Crippen LogP contribution is -1.89. The third kappa shape index (κ3) is 1.08. The highest BCUT2D eigenvalue weighted by Gasteiger charge is 1.70. The lowest BCUT2D eigenvalue weighted by molar-refractivity contribution is 0.733. The van der Waals surface area contributed by atoms with Crippen molar-refractivity contribution in [3.05, 3.63) is 0 Å². The molecule has 5 heteroatoms. The molecule has 0 amide bonds. The van der Waals surface area contributed by atoms with Crippen molar-refractivity contribution in [2.24, 2.45) is 20.6 Å². The quantitative estimate of drug-likeness (QED) is 0.451. The Balaban J connectivity index is 2.60. The van der Waals surface area contributed by atoms with Crippen LogP contribution in [-0.4, -0.2) is 12.4 Å². The Kier molecular flexibility index (Phi) is 1.13. The fraction of sp³-hybridized carbons (Fsp3) is 0. The Morgan fingerprint density at radius 2 is 2.29 bits per heavy atom. The van der Waals surface area contributed by atoms with E-state index in [2.05, 4.69) is 26.2 Å². The fourth-order valence-electron chi connectivity index (χ4n) is 0.198. The maximum absolute atomic E-state index is 3.49. The number of hydrogen-bond donors (Lipinski definition) is 1. The first kappa shape index (κ1) is 3.91. The molecule has 0 bridgehead atoms. The molecule has 0 aromatic heterocycles. The van der Waals surface area contributed by atoms with E-state index >= 15 is 0 Å². The molecule has 0 aromatic rings. The number of nitrogens with zero attached hydrogens (tertiary/aromatic N) is 4. The first-order valence-corrected chi connectivity index (χ1v) is 1.70. The average Bonchev–Trinajstić information content (AvgIpc) is 1.90. The van der Waals surface area contributed by atoms with E-state index in [1.807, 2.05) is 0 Å². The van der Waals surface area contributed by atoms with Crippen molar-refractivity contribution in [2.75, 3.05) is 0 Å². The summed E-state index contributed by atoms with van der Waals surface area (Å²) in [7, 11) is 0. The second kappa shape index (κ2) is 2.01. The molecular weight excluding hydrogens is 94.1 g/mol. The highest BCUT2D eigenvalue weighted by molar-refractivity contribution is 6.15. The molecule has 0 aliphatic carbocycles. The summed E-state index contributed by atoms with van der Waals surface area (Å²) in [6, 6.07) is 0. The summed E-state index contributed by atoms with van der Waals surface area (Å²) in [5.74, 6) is 0. The van der Waals surface area contributed by atoms with Crippen LogP contribution in [0.25, 0.3) is 0 Å². The van der Waals surface area contributed by atoms with Gasteiger partial charge in [-0.05, 0) is 10.4 Å². The minimum atomic E-state index is 1.43. The summed E-state index contributed by atoms with van der Waals surface area (Å²) in [6.45, 7) is 0. The standard InChI is InChI=1S/C2H3N5/c1-2-4-6-7-5-3-1/h1-2H,(H,5,6). The summed E-state index contributed by atoms with van der Waals surface area (Å²) in [6.07, 6.45) is 2.89. The zero-order valence-corrected chi connectivity index (χ0v) is 3.44. The molecule has 1 aliphatic rings. The second-order valence-corrected chi connectivity index (χ2v) is 0.832. The molecule has 0 atom stereocenters. The number of hydrazone groups is 1. The lowest BCUT2D eigenvalue weighted by Gasteiger charge is -1.74. The Morgan fingerprint density at radius 1 is 1.29 bits per heavy atom. The van der Waals surface area contributed by atoms with E-state index in [4.69, 9.17) is 0 Å². The van der Waals surface area contributed by atoms with Gasteiger partial charge in [0.1, 0.15) is 0 Å². The molecule has 5 nitrogen and oxygen atoms in total. The molecule has 0 unspecified atom stereocenters. The number of hydrogen-bond acceptors (Lipinski definition) is 5. The van der Waals surface area contributed by atoms with Crippen LogP contribution in [-0.2, 0) is 0 Å². The number of nitrogens with one attached hydrogen (secondary N) is 1. The highest BCUT2D eigenvalue weighted by atomic mass is 15.6. The molecule has 0 saturated heterocycles. The van der Waals surface area contributed by atoms with Crippen LogP contribution in [0, 0.1) is 0 Å². The van der Waals surface area contributed by atoms with E-state index in [9.17, 15) is 0 Å². The van der Waals surface area contributed by atoms with Crippen molar-refractivity contribution in [3.63, 3.8) is 0 Å². The van der Waals surface area contributed by atoms with E-state index < -0.39 is 0 Å². The SMILES string of the molecule is C1=NN=NNN=C1. The zero-order chi connectivity index (χ0) is 4.95. The van der Waals surface area contributed by atoms with Gasteiger partial charge >= 0.3 is 0 Å². The average molecular weight is 97.1 g/mol. The molecule has 0 radical (unpaired) electrons. The zero-order valence-electron chi connectivity index (χ0n) is 3.44. The van der Waals surface area contributed by atoms with Gasteiger partial charge in [0.25, 0.3) is 0 Å². The van der Waals surface area contributed by atoms with Crippen molar-refractivity contribution >= 4 is 12.4 Å². The van der Waals surface area contributed by atoms with E-state index in [0.29, 0.717) is 0 Å². The molecule has 0 saturated carbocycles. The van der Waals surface area contributed by atoms with Crippen LogP contribution < -0.4 is 5.53 Å². The first-order valence-electron chi connectivity index (χ1n) is 1.70. The van der Waals surface area contributed by atoms with Crippen molar-refractivity contribution in [1.29, 1.82) is 0 Å². The Bertz CT molecular complexity index is 108. The van der Waals surface area contributed by atoms with Gasteiger partial charge in [0.2, 0.25) is 0 Å². The molecule has 7 heavy (non-hydrogen) atoms. The Hall–Kier alpha value is -1.26. The Morgan fingerprint density at radius 3 is 3.29 bits per heavy atom. The summed E-state index contributed by atoms with van der Waals surface area (Å²) >= 11 is 0. The van der Waals surface area contributed by atoms with Gasteiger partial charge in [0.05, 0.1) is 12.4 Å². The van der Waals surface area contributed by atoms with Gasteiger partial charge in [-0.2, -0.15) is 10.6 Å². The van der Waals surface area contributed by atoms with Crippen molar-refractivity contribution in [2.45, 2.75) is 0 Å². The maximum Gasteiger partial charge on any atom is 0.0716 e. The number of rotatable bonds is 0. The van der Waals surface area contributed by atoms with Gasteiger partial charge in [0, 0.05) is 0 Å². The van der Waals surface area contributed by atoms with Crippen LogP contribution in [0.1, 0.15) is 0 Å². The lowest BCUT2D eigenvalue weighted by atomic mass is 10.8. The fourth-order valence-corrected chi connectivity index (χ4v) is 0.198. The maximum atomic E-state index is 3.49. The van der Waals surface area contributed by atoms with E-state index in [1.165, 1.54) is 12.4 Å². The van der Waals surface area contributed by atoms with E-state index in [0.717, 1.165) is 0 Å². The van der Waals surface area contributed by atoms with Crippen LogP contribution in [0.4, 0.5) is 0 Å². The minimum Gasteiger partial charge on any atom is -0.178 e. The van der Waals surface area contributed by atoms with Gasteiger partial charge in [0.15, 0.2) is 0 Å². The summed E-state index contributed by atoms with van der Waals surface area (Å²) in [5, 5.41) is 13.4. The van der Waals surface area contributed by atoms with Crippen molar-refractivity contribution in [3.8, 4) is 0 Å². The van der Waals surface area contributed by atoms with Crippen LogP contribution in [0.5, 0.6) is 0 Å². The third-order valence-electron chi connectivity index (χ3n) is 0.407. The first-order chi connectivity index (χ1) is 3.50. The topological polar surface area (TPSA) is 61.5 Å². The molecule has 1 heterocycles. The molecule has 0 fully saturated rings. The van der Waals surface area contributed by atoms with E-state index in [1.54, 1.807) is 0 Å². The van der Waals surface area contributed by atoms with Gasteiger partial charge in [-0.3, -0.25) is 0 Å². The predicted molar refractivity (Wildman–Crippen MR) is 25.0 cm³/mol. The van der Waals surface area contributed by atoms with Gasteiger partial charge < -0.3 is 0 Å². The minimum absolute atomic E-state index is 1.43.